The molecule has 0 aromatic heterocycles. The van der Waals surface area contributed by atoms with Crippen molar-refractivity contribution in [3.8, 4) is 0 Å². The summed E-state index contributed by atoms with van der Waals surface area (Å²) in [7, 11) is -2.44. The predicted octanol–water partition coefficient (Wildman–Crippen LogP) is 1.54. The highest BCUT2D eigenvalue weighted by Crippen LogP contribution is 2.18. The molecule has 2 aromatic rings. The Hall–Kier alpha value is -3.20. The first kappa shape index (κ1) is 23.1. The van der Waals surface area contributed by atoms with E-state index in [1.807, 2.05) is 6.07 Å². The van der Waals surface area contributed by atoms with Crippen LogP contribution in [-0.2, 0) is 35.3 Å². The smallest absolute Gasteiger partial charge is 0.339 e. The minimum atomic E-state index is -3.64. The molecule has 1 amide bonds. The minimum absolute atomic E-state index is 0.152. The molecular weight excluding hydrogens is 410 g/mol. The Labute approximate surface area is 175 Å². The molecule has 9 heteroatoms. The van der Waals surface area contributed by atoms with E-state index in [-0.39, 0.29) is 22.6 Å². The van der Waals surface area contributed by atoms with Gasteiger partial charge in [-0.2, -0.15) is 0 Å². The summed E-state index contributed by atoms with van der Waals surface area (Å²) in [6.07, 6.45) is 0.199. The zero-order chi connectivity index (χ0) is 22.1. The Morgan fingerprint density at radius 2 is 1.63 bits per heavy atom. The molecule has 0 fully saturated rings. The highest BCUT2D eigenvalue weighted by atomic mass is 32.2. The Bertz CT molecular complexity index is 1000. The van der Waals surface area contributed by atoms with E-state index >= 15 is 0 Å². The molecule has 0 aliphatic heterocycles. The first-order chi connectivity index (χ1) is 14.3. The Morgan fingerprint density at radius 1 is 1.00 bits per heavy atom. The van der Waals surface area contributed by atoms with E-state index in [4.69, 9.17) is 9.47 Å². The average Bonchev–Trinajstić information content (AvgIpc) is 2.77. The molecule has 0 aliphatic carbocycles. The molecule has 0 heterocycles. The van der Waals surface area contributed by atoms with Crippen LogP contribution < -0.4 is 5.32 Å². The van der Waals surface area contributed by atoms with Crippen LogP contribution in [0.2, 0.25) is 0 Å². The number of methoxy groups -OCH3 is 1. The van der Waals surface area contributed by atoms with Gasteiger partial charge < -0.3 is 14.8 Å². The molecule has 0 saturated heterocycles. The summed E-state index contributed by atoms with van der Waals surface area (Å²) in [5.74, 6) is -2.49. The van der Waals surface area contributed by atoms with Crippen LogP contribution in [-0.4, -0.2) is 51.8 Å². The highest BCUT2D eigenvalue weighted by molar-refractivity contribution is 7.91. The van der Waals surface area contributed by atoms with Gasteiger partial charge in [-0.05, 0) is 17.7 Å². The third-order valence-corrected chi connectivity index (χ3v) is 6.05. The standard InChI is InChI=1S/C21H23NO7S/c1-3-30(26,27)18-12-8-7-11-16(18)20(24)29-14-19(23)22-17(21(25)28-2)13-15-9-5-4-6-10-15/h4-12,17H,3,13-14H2,1-2H3,(H,22,23)/t17-/m1/s1. The van der Waals surface area contributed by atoms with Crippen LogP contribution in [0.15, 0.2) is 59.5 Å². The lowest BCUT2D eigenvalue weighted by molar-refractivity contribution is -0.145. The fourth-order valence-electron chi connectivity index (χ4n) is 2.69. The third-order valence-electron chi connectivity index (χ3n) is 4.26. The summed E-state index contributed by atoms with van der Waals surface area (Å²) in [4.78, 5) is 36.4. The maximum absolute atomic E-state index is 12.3. The van der Waals surface area contributed by atoms with Crippen LogP contribution in [0.25, 0.3) is 0 Å². The van der Waals surface area contributed by atoms with Gasteiger partial charge in [-0.25, -0.2) is 18.0 Å². The van der Waals surface area contributed by atoms with E-state index in [0.717, 1.165) is 5.56 Å². The molecule has 0 bridgehead atoms. The van der Waals surface area contributed by atoms with Gasteiger partial charge in [0, 0.05) is 6.42 Å². The second-order valence-corrected chi connectivity index (χ2v) is 8.56. The SMILES string of the molecule is CCS(=O)(=O)c1ccccc1C(=O)OCC(=O)N[C@H](Cc1ccccc1)C(=O)OC. The molecule has 1 N–H and O–H groups in total. The van der Waals surface area contributed by atoms with Crippen LogP contribution >= 0.6 is 0 Å². The van der Waals surface area contributed by atoms with Gasteiger partial charge in [-0.3, -0.25) is 4.79 Å². The fourth-order valence-corrected chi connectivity index (χ4v) is 3.78. The Kier molecular flexibility index (Phi) is 8.11. The minimum Gasteiger partial charge on any atom is -0.467 e. The van der Waals surface area contributed by atoms with Gasteiger partial charge in [-0.1, -0.05) is 49.4 Å². The molecule has 0 unspecified atom stereocenters. The molecule has 160 valence electrons. The summed E-state index contributed by atoms with van der Waals surface area (Å²) in [6.45, 7) is 0.784. The maximum atomic E-state index is 12.3. The number of carbonyl (C=O) groups excluding carboxylic acids is 3. The zero-order valence-electron chi connectivity index (χ0n) is 16.7. The molecule has 30 heavy (non-hydrogen) atoms. The summed E-state index contributed by atoms with van der Waals surface area (Å²) < 4.78 is 34.0. The molecular formula is C21H23NO7S. The number of hydrogen-bond donors (Lipinski definition) is 1. The quantitative estimate of drug-likeness (QED) is 0.596. The predicted molar refractivity (Wildman–Crippen MR) is 109 cm³/mol. The van der Waals surface area contributed by atoms with Gasteiger partial charge in [0.25, 0.3) is 5.91 Å². The molecule has 1 atom stereocenters. The lowest BCUT2D eigenvalue weighted by atomic mass is 10.1. The first-order valence-electron chi connectivity index (χ1n) is 9.18. The van der Waals surface area contributed by atoms with E-state index < -0.39 is 40.3 Å². The number of carbonyl (C=O) groups is 3. The van der Waals surface area contributed by atoms with Gasteiger partial charge in [0.1, 0.15) is 6.04 Å². The second kappa shape index (κ2) is 10.5. The number of hydrogen-bond acceptors (Lipinski definition) is 7. The molecule has 0 saturated carbocycles. The summed E-state index contributed by atoms with van der Waals surface area (Å²) in [5.41, 5.74) is 0.657. The van der Waals surface area contributed by atoms with E-state index in [2.05, 4.69) is 5.32 Å². The van der Waals surface area contributed by atoms with Crippen LogP contribution in [0, 0.1) is 0 Å². The van der Waals surface area contributed by atoms with Crippen molar-refractivity contribution in [2.75, 3.05) is 19.5 Å². The summed E-state index contributed by atoms with van der Waals surface area (Å²) in [5, 5.41) is 2.47. The molecule has 0 aliphatic rings. The van der Waals surface area contributed by atoms with Gasteiger partial charge in [0.05, 0.1) is 23.3 Å². The maximum Gasteiger partial charge on any atom is 0.339 e. The average molecular weight is 433 g/mol. The lowest BCUT2D eigenvalue weighted by Crippen LogP contribution is -2.44. The summed E-state index contributed by atoms with van der Waals surface area (Å²) >= 11 is 0. The van der Waals surface area contributed by atoms with Gasteiger partial charge in [0.2, 0.25) is 0 Å². The van der Waals surface area contributed by atoms with Crippen LogP contribution in [0.4, 0.5) is 0 Å². The molecule has 0 radical (unpaired) electrons. The van der Waals surface area contributed by atoms with Crippen molar-refractivity contribution < 1.29 is 32.3 Å². The number of nitrogens with one attached hydrogen (secondary N) is 1. The topological polar surface area (TPSA) is 116 Å². The highest BCUT2D eigenvalue weighted by Gasteiger charge is 2.24. The number of ether oxygens (including phenoxy) is 2. The van der Waals surface area contributed by atoms with Crippen LogP contribution in [0.1, 0.15) is 22.8 Å². The fraction of sp³-hybridized carbons (Fsp3) is 0.286. The number of amides is 1. The van der Waals surface area contributed by atoms with Crippen molar-refractivity contribution in [1.29, 1.82) is 0 Å². The summed E-state index contributed by atoms with van der Waals surface area (Å²) in [6, 6.07) is 13.7. The van der Waals surface area contributed by atoms with Crippen molar-refractivity contribution in [2.24, 2.45) is 0 Å². The van der Waals surface area contributed by atoms with Crippen molar-refractivity contribution in [2.45, 2.75) is 24.3 Å². The third kappa shape index (κ3) is 6.15. The van der Waals surface area contributed by atoms with Crippen molar-refractivity contribution in [1.82, 2.24) is 5.32 Å². The number of esters is 2. The van der Waals surface area contributed by atoms with Gasteiger partial charge in [0.15, 0.2) is 16.4 Å². The number of benzene rings is 2. The molecule has 2 rings (SSSR count). The molecule has 8 nitrogen and oxygen atoms in total. The number of rotatable bonds is 9. The molecule has 2 aromatic carbocycles. The monoisotopic (exact) mass is 433 g/mol. The van der Waals surface area contributed by atoms with E-state index in [1.165, 1.54) is 38.3 Å². The van der Waals surface area contributed by atoms with Crippen molar-refractivity contribution in [3.63, 3.8) is 0 Å². The van der Waals surface area contributed by atoms with Crippen molar-refractivity contribution >= 4 is 27.7 Å². The second-order valence-electron chi connectivity index (χ2n) is 6.31. The molecule has 0 spiro atoms. The van der Waals surface area contributed by atoms with Crippen LogP contribution in [0.3, 0.4) is 0 Å². The van der Waals surface area contributed by atoms with E-state index in [9.17, 15) is 22.8 Å². The van der Waals surface area contributed by atoms with E-state index in [0.29, 0.717) is 0 Å². The van der Waals surface area contributed by atoms with Crippen molar-refractivity contribution in [3.05, 3.63) is 65.7 Å². The Balaban J connectivity index is 2.04. The largest absolute Gasteiger partial charge is 0.467 e. The number of sulfone groups is 1. The van der Waals surface area contributed by atoms with Crippen LogP contribution in [0.5, 0.6) is 0 Å². The Morgan fingerprint density at radius 3 is 2.27 bits per heavy atom. The normalized spacial score (nSPS) is 11.9. The lowest BCUT2D eigenvalue weighted by Gasteiger charge is -2.17. The van der Waals surface area contributed by atoms with E-state index in [1.54, 1.807) is 24.3 Å². The van der Waals surface area contributed by atoms with Gasteiger partial charge in [-0.15, -0.1) is 0 Å². The van der Waals surface area contributed by atoms with Gasteiger partial charge >= 0.3 is 11.9 Å². The zero-order valence-corrected chi connectivity index (χ0v) is 17.5. The first-order valence-corrected chi connectivity index (χ1v) is 10.8.